The number of aryl methyl sites for hydroxylation is 1. The lowest BCUT2D eigenvalue weighted by Gasteiger charge is -2.25. The van der Waals surface area contributed by atoms with Gasteiger partial charge < -0.3 is 10.1 Å². The molecule has 2 aromatic carbocycles. The van der Waals surface area contributed by atoms with E-state index in [0.717, 1.165) is 5.56 Å². The van der Waals surface area contributed by atoms with Crippen molar-refractivity contribution in [3.8, 4) is 0 Å². The summed E-state index contributed by atoms with van der Waals surface area (Å²) in [6.07, 6.45) is 0.484. The number of hydrogen-bond acceptors (Lipinski definition) is 4. The number of carbonyl (C=O) groups is 1. The van der Waals surface area contributed by atoms with Crippen molar-refractivity contribution in [2.75, 3.05) is 11.9 Å². The summed E-state index contributed by atoms with van der Waals surface area (Å²) in [6, 6.07) is 12.7. The number of ether oxygens (including phenoxy) is 1. The molecule has 26 heavy (non-hydrogen) atoms. The predicted octanol–water partition coefficient (Wildman–Crippen LogP) is 2.37. The van der Waals surface area contributed by atoms with E-state index < -0.39 is 10.0 Å². The van der Waals surface area contributed by atoms with Gasteiger partial charge in [-0.2, -0.15) is 0 Å². The van der Waals surface area contributed by atoms with Crippen molar-refractivity contribution < 1.29 is 17.9 Å². The van der Waals surface area contributed by atoms with Gasteiger partial charge in [0.1, 0.15) is 0 Å². The minimum absolute atomic E-state index is 0.196. The zero-order valence-electron chi connectivity index (χ0n) is 14.8. The summed E-state index contributed by atoms with van der Waals surface area (Å²) < 4.78 is 33.6. The van der Waals surface area contributed by atoms with Gasteiger partial charge in [0, 0.05) is 25.6 Å². The van der Waals surface area contributed by atoms with E-state index in [2.05, 4.69) is 10.0 Å². The molecule has 1 atom stereocenters. The van der Waals surface area contributed by atoms with Gasteiger partial charge in [-0.3, -0.25) is 4.79 Å². The van der Waals surface area contributed by atoms with Crippen LogP contribution in [-0.2, 0) is 32.6 Å². The van der Waals surface area contributed by atoms with Crippen molar-refractivity contribution in [3.63, 3.8) is 0 Å². The monoisotopic (exact) mass is 374 g/mol. The quantitative estimate of drug-likeness (QED) is 0.842. The summed E-state index contributed by atoms with van der Waals surface area (Å²) in [7, 11) is -3.66. The summed E-state index contributed by atoms with van der Waals surface area (Å²) >= 11 is 0. The molecule has 0 aromatic heterocycles. The van der Waals surface area contributed by atoms with Gasteiger partial charge in [0.2, 0.25) is 15.9 Å². The maximum absolute atomic E-state index is 12.6. The topological polar surface area (TPSA) is 84.5 Å². The first kappa shape index (κ1) is 18.6. The SMILES string of the molecule is CC(=O)Nc1ccc(S(=O)(=O)NCC2Cc3ccccc3CO2)c(C)c1. The Morgan fingerprint density at radius 2 is 1.92 bits per heavy atom. The fourth-order valence-electron chi connectivity index (χ4n) is 3.05. The van der Waals surface area contributed by atoms with E-state index >= 15 is 0 Å². The molecule has 1 unspecified atom stereocenters. The molecule has 1 heterocycles. The minimum atomic E-state index is -3.66. The highest BCUT2D eigenvalue weighted by Crippen LogP contribution is 2.22. The first-order valence-corrected chi connectivity index (χ1v) is 9.90. The Balaban J connectivity index is 1.67. The Kier molecular flexibility index (Phi) is 5.41. The first-order chi connectivity index (χ1) is 12.3. The summed E-state index contributed by atoms with van der Waals surface area (Å²) in [5.74, 6) is -0.201. The molecule has 1 aliphatic heterocycles. The lowest BCUT2D eigenvalue weighted by molar-refractivity contribution is -0.114. The number of nitrogens with one attached hydrogen (secondary N) is 2. The zero-order valence-corrected chi connectivity index (χ0v) is 15.6. The fraction of sp³-hybridized carbons (Fsp3) is 0.316. The van der Waals surface area contributed by atoms with Crippen molar-refractivity contribution in [1.29, 1.82) is 0 Å². The van der Waals surface area contributed by atoms with Gasteiger partial charge in [-0.15, -0.1) is 0 Å². The van der Waals surface area contributed by atoms with E-state index in [1.165, 1.54) is 18.6 Å². The van der Waals surface area contributed by atoms with Crippen LogP contribution in [0, 0.1) is 6.92 Å². The maximum Gasteiger partial charge on any atom is 0.240 e. The summed E-state index contributed by atoms with van der Waals surface area (Å²) in [5.41, 5.74) is 3.48. The van der Waals surface area contributed by atoms with E-state index in [4.69, 9.17) is 4.74 Å². The van der Waals surface area contributed by atoms with Gasteiger partial charge in [-0.1, -0.05) is 24.3 Å². The Labute approximate surface area is 153 Å². The number of hydrogen-bond donors (Lipinski definition) is 2. The molecule has 6 nitrogen and oxygen atoms in total. The molecule has 0 bridgehead atoms. The zero-order chi connectivity index (χ0) is 18.7. The molecule has 7 heteroatoms. The molecule has 138 valence electrons. The van der Waals surface area contributed by atoms with E-state index in [1.807, 2.05) is 24.3 Å². The van der Waals surface area contributed by atoms with Crippen molar-refractivity contribution in [2.45, 2.75) is 37.9 Å². The second-order valence-corrected chi connectivity index (χ2v) is 8.15. The van der Waals surface area contributed by atoms with Crippen LogP contribution in [0.2, 0.25) is 0 Å². The Bertz CT molecular complexity index is 925. The van der Waals surface area contributed by atoms with Crippen LogP contribution in [0.3, 0.4) is 0 Å². The molecule has 0 radical (unpaired) electrons. The average molecular weight is 374 g/mol. The summed E-state index contributed by atoms with van der Waals surface area (Å²) in [4.78, 5) is 11.3. The molecular weight excluding hydrogens is 352 g/mol. The molecule has 1 amide bonds. The van der Waals surface area contributed by atoms with Crippen LogP contribution in [-0.4, -0.2) is 27.0 Å². The Morgan fingerprint density at radius 1 is 1.19 bits per heavy atom. The highest BCUT2D eigenvalue weighted by molar-refractivity contribution is 7.89. The number of sulfonamides is 1. The number of benzene rings is 2. The van der Waals surface area contributed by atoms with Gasteiger partial charge in [-0.05, 0) is 41.8 Å². The minimum Gasteiger partial charge on any atom is -0.372 e. The van der Waals surface area contributed by atoms with E-state index in [9.17, 15) is 13.2 Å². The van der Waals surface area contributed by atoms with Gasteiger partial charge in [0.15, 0.2) is 0 Å². The lowest BCUT2D eigenvalue weighted by atomic mass is 9.99. The van der Waals surface area contributed by atoms with Gasteiger partial charge in [-0.25, -0.2) is 13.1 Å². The summed E-state index contributed by atoms with van der Waals surface area (Å²) in [6.45, 7) is 3.81. The molecule has 1 aliphatic rings. The van der Waals surface area contributed by atoms with Crippen LogP contribution in [0.25, 0.3) is 0 Å². The second-order valence-electron chi connectivity index (χ2n) is 6.42. The third kappa shape index (κ3) is 4.30. The van der Waals surface area contributed by atoms with Crippen molar-refractivity contribution in [3.05, 3.63) is 59.2 Å². The van der Waals surface area contributed by atoms with E-state index in [1.54, 1.807) is 19.1 Å². The highest BCUT2D eigenvalue weighted by atomic mass is 32.2. The average Bonchev–Trinajstić information content (AvgIpc) is 2.59. The van der Waals surface area contributed by atoms with E-state index in [-0.39, 0.29) is 23.5 Å². The fourth-order valence-corrected chi connectivity index (χ4v) is 4.34. The second kappa shape index (κ2) is 7.57. The number of amides is 1. The maximum atomic E-state index is 12.6. The summed E-state index contributed by atoms with van der Waals surface area (Å²) in [5, 5.41) is 2.64. The van der Waals surface area contributed by atoms with Gasteiger partial charge >= 0.3 is 0 Å². The predicted molar refractivity (Wildman–Crippen MR) is 99.4 cm³/mol. The highest BCUT2D eigenvalue weighted by Gasteiger charge is 2.23. The van der Waals surface area contributed by atoms with Crippen molar-refractivity contribution in [1.82, 2.24) is 4.72 Å². The molecule has 3 rings (SSSR count). The van der Waals surface area contributed by atoms with Gasteiger partial charge in [0.25, 0.3) is 0 Å². The van der Waals surface area contributed by atoms with E-state index in [0.29, 0.717) is 24.3 Å². The number of fused-ring (bicyclic) bond motifs is 1. The lowest BCUT2D eigenvalue weighted by Crippen LogP contribution is -2.37. The Hall–Kier alpha value is -2.22. The van der Waals surface area contributed by atoms with Crippen LogP contribution in [0.15, 0.2) is 47.4 Å². The van der Waals surface area contributed by atoms with Crippen molar-refractivity contribution >= 4 is 21.6 Å². The van der Waals surface area contributed by atoms with Gasteiger partial charge in [0.05, 0.1) is 17.6 Å². The number of carbonyl (C=O) groups excluding carboxylic acids is 1. The van der Waals surface area contributed by atoms with Crippen LogP contribution >= 0.6 is 0 Å². The molecule has 0 aliphatic carbocycles. The first-order valence-electron chi connectivity index (χ1n) is 8.41. The molecule has 2 N–H and O–H groups in total. The molecule has 0 saturated heterocycles. The molecule has 0 fully saturated rings. The molecule has 2 aromatic rings. The molecular formula is C19H22N2O4S. The van der Waals surface area contributed by atoms with Crippen molar-refractivity contribution in [2.24, 2.45) is 0 Å². The standard InChI is InChI=1S/C19H22N2O4S/c1-13-9-17(21-14(2)22)7-8-19(13)26(23,24)20-11-18-10-15-5-3-4-6-16(15)12-25-18/h3-9,18,20H,10-12H2,1-2H3,(H,21,22). The normalized spacial score (nSPS) is 16.8. The number of anilines is 1. The van der Waals surface area contributed by atoms with Crippen LogP contribution in [0.1, 0.15) is 23.6 Å². The molecule has 0 saturated carbocycles. The third-order valence-electron chi connectivity index (χ3n) is 4.33. The van der Waals surface area contributed by atoms with Crippen LogP contribution in [0.4, 0.5) is 5.69 Å². The largest absolute Gasteiger partial charge is 0.372 e. The third-order valence-corrected chi connectivity index (χ3v) is 5.91. The smallest absolute Gasteiger partial charge is 0.240 e. The number of rotatable bonds is 5. The molecule has 0 spiro atoms. The Morgan fingerprint density at radius 3 is 2.62 bits per heavy atom. The van der Waals surface area contributed by atoms with Crippen LogP contribution < -0.4 is 10.0 Å². The van der Waals surface area contributed by atoms with Crippen LogP contribution in [0.5, 0.6) is 0 Å².